The molecule has 4 heteroatoms. The maximum absolute atomic E-state index is 12.7. The van der Waals surface area contributed by atoms with Gasteiger partial charge in [-0.3, -0.25) is 0 Å². The Hall–Kier alpha value is -0.501. The van der Waals surface area contributed by atoms with E-state index >= 15 is 0 Å². The molecule has 0 heterocycles. The number of halogens is 1. The van der Waals surface area contributed by atoms with Crippen LogP contribution in [0.3, 0.4) is 0 Å². The number of esters is 1. The van der Waals surface area contributed by atoms with Crippen molar-refractivity contribution in [2.75, 3.05) is 0 Å². The number of rotatable bonds is 5. The molecule has 0 amide bonds. The van der Waals surface area contributed by atoms with E-state index < -0.39 is 3.77 Å². The summed E-state index contributed by atoms with van der Waals surface area (Å²) < 4.78 is 6.09. The molecule has 0 bridgehead atoms. The normalized spacial score (nSPS) is 27.5. The summed E-state index contributed by atoms with van der Waals surface area (Å²) in [5.41, 5.74) is 0. The third kappa shape index (κ3) is 5.24. The molecule has 1 aromatic carbocycles. The second kappa shape index (κ2) is 8.05. The number of hydrogen-bond donors (Lipinski definition) is 0. The van der Waals surface area contributed by atoms with Crippen molar-refractivity contribution >= 4 is 37.0 Å². The summed E-state index contributed by atoms with van der Waals surface area (Å²) in [7, 11) is 0. The summed E-state index contributed by atoms with van der Waals surface area (Å²) in [6.07, 6.45) is 3.33. The van der Waals surface area contributed by atoms with Crippen molar-refractivity contribution in [3.63, 3.8) is 0 Å². The molecule has 0 aliphatic heterocycles. The molecule has 0 spiro atoms. The summed E-state index contributed by atoms with van der Waals surface area (Å²) in [5.74, 6) is 1.34. The predicted molar refractivity (Wildman–Crippen MR) is 97.3 cm³/mol. The Morgan fingerprint density at radius 3 is 2.57 bits per heavy atom. The predicted octanol–water partition coefficient (Wildman–Crippen LogP) is 3.98. The van der Waals surface area contributed by atoms with Gasteiger partial charge in [-0.25, -0.2) is 0 Å². The first-order chi connectivity index (χ1) is 10.8. The summed E-state index contributed by atoms with van der Waals surface area (Å²) in [6, 6.07) is 9.97. The molecule has 1 saturated carbocycles. The van der Waals surface area contributed by atoms with Crippen molar-refractivity contribution in [2.45, 2.75) is 56.8 Å². The van der Waals surface area contributed by atoms with Gasteiger partial charge in [-0.15, -0.1) is 0 Å². The van der Waals surface area contributed by atoms with Crippen molar-refractivity contribution in [3.05, 3.63) is 30.3 Å². The molecular weight excluding hydrogens is 375 g/mol. The second-order valence-electron chi connectivity index (χ2n) is 7.10. The van der Waals surface area contributed by atoms with Gasteiger partial charge in [0.15, 0.2) is 0 Å². The zero-order valence-corrected chi connectivity index (χ0v) is 16.9. The first kappa shape index (κ1) is 18.8. The Balaban J connectivity index is 2.03. The van der Waals surface area contributed by atoms with Crippen molar-refractivity contribution in [1.82, 2.24) is 0 Å². The molecule has 0 radical (unpaired) electrons. The summed E-state index contributed by atoms with van der Waals surface area (Å²) in [6.45, 7) is 8.47. The molecule has 0 aromatic heterocycles. The van der Waals surface area contributed by atoms with E-state index in [1.165, 1.54) is 6.42 Å². The van der Waals surface area contributed by atoms with Crippen LogP contribution in [0.5, 0.6) is 0 Å². The van der Waals surface area contributed by atoms with Crippen molar-refractivity contribution in [1.29, 1.82) is 0 Å². The molecule has 1 fully saturated rings. The number of alkyl halides is 1. The van der Waals surface area contributed by atoms with E-state index in [1.807, 2.05) is 30.3 Å². The van der Waals surface area contributed by atoms with Gasteiger partial charge < -0.3 is 0 Å². The van der Waals surface area contributed by atoms with Crippen LogP contribution in [0.15, 0.2) is 30.3 Å². The number of benzene rings is 1. The molecule has 4 atom stereocenters. The van der Waals surface area contributed by atoms with Gasteiger partial charge in [-0.2, -0.15) is 0 Å². The average molecular weight is 402 g/mol. The molecule has 23 heavy (non-hydrogen) atoms. The molecule has 1 unspecified atom stereocenters. The first-order valence-electron chi connectivity index (χ1n) is 8.43. The molecule has 2 rings (SSSR count). The van der Waals surface area contributed by atoms with E-state index in [-0.39, 0.29) is 27.0 Å². The topological polar surface area (TPSA) is 26.3 Å². The SMILES string of the molecule is CC(C)[C@H]1CC[C@H](C)C[C@@H]1OC(=O)C(C)(Cl)[Se]c1ccccc1. The van der Waals surface area contributed by atoms with Crippen LogP contribution in [0.25, 0.3) is 0 Å². The Bertz CT molecular complexity index is 515. The van der Waals surface area contributed by atoms with Crippen LogP contribution in [0, 0.1) is 17.8 Å². The van der Waals surface area contributed by atoms with Gasteiger partial charge in [0.1, 0.15) is 0 Å². The number of carbonyl (C=O) groups is 1. The van der Waals surface area contributed by atoms with E-state index in [1.54, 1.807) is 6.92 Å². The van der Waals surface area contributed by atoms with Crippen LogP contribution in [0.2, 0.25) is 0 Å². The van der Waals surface area contributed by atoms with Crippen molar-refractivity contribution in [2.24, 2.45) is 17.8 Å². The van der Waals surface area contributed by atoms with Crippen LogP contribution in [0.4, 0.5) is 0 Å². The van der Waals surface area contributed by atoms with Gasteiger partial charge in [0.25, 0.3) is 0 Å². The quantitative estimate of drug-likeness (QED) is 0.424. The Morgan fingerprint density at radius 2 is 1.96 bits per heavy atom. The summed E-state index contributed by atoms with van der Waals surface area (Å²) >= 11 is 6.41. The standard InChI is InChI=1S/C19H27ClO2Se/c1-13(2)16-11-10-14(3)12-17(16)22-18(21)19(4,20)23-15-8-6-5-7-9-15/h5-9,13-14,16-17H,10-12H2,1-4H3/t14-,16+,17-,19?/m0/s1. The summed E-state index contributed by atoms with van der Waals surface area (Å²) in [4.78, 5) is 12.7. The Kier molecular flexibility index (Phi) is 6.59. The van der Waals surface area contributed by atoms with Gasteiger partial charge in [-0.05, 0) is 0 Å². The fraction of sp³-hybridized carbons (Fsp3) is 0.632. The molecule has 1 aliphatic rings. The Morgan fingerprint density at radius 1 is 1.30 bits per heavy atom. The fourth-order valence-corrected chi connectivity index (χ4v) is 5.57. The van der Waals surface area contributed by atoms with Crippen molar-refractivity contribution in [3.8, 4) is 0 Å². The van der Waals surface area contributed by atoms with Crippen LogP contribution in [-0.4, -0.2) is 30.8 Å². The van der Waals surface area contributed by atoms with Crippen LogP contribution < -0.4 is 4.46 Å². The zero-order valence-electron chi connectivity index (χ0n) is 14.4. The zero-order chi connectivity index (χ0) is 17.0. The minimum atomic E-state index is -0.948. The molecule has 0 saturated heterocycles. The number of ether oxygens (including phenoxy) is 1. The van der Waals surface area contributed by atoms with Crippen LogP contribution in [0.1, 0.15) is 47.0 Å². The molecule has 1 aromatic rings. The third-order valence-electron chi connectivity index (χ3n) is 4.64. The molecule has 0 N–H and O–H groups in total. The van der Waals surface area contributed by atoms with Gasteiger partial charge in [0, 0.05) is 0 Å². The molecule has 128 valence electrons. The van der Waals surface area contributed by atoms with Gasteiger partial charge in [0.2, 0.25) is 0 Å². The average Bonchev–Trinajstić information content (AvgIpc) is 2.47. The van der Waals surface area contributed by atoms with E-state index in [9.17, 15) is 4.79 Å². The van der Waals surface area contributed by atoms with E-state index in [2.05, 4.69) is 20.8 Å². The second-order valence-corrected chi connectivity index (χ2v) is 11.5. The van der Waals surface area contributed by atoms with Gasteiger partial charge >= 0.3 is 151 Å². The minimum absolute atomic E-state index is 0.0101. The Labute approximate surface area is 151 Å². The van der Waals surface area contributed by atoms with Gasteiger partial charge in [0.05, 0.1) is 0 Å². The van der Waals surface area contributed by atoms with Crippen LogP contribution >= 0.6 is 11.6 Å². The van der Waals surface area contributed by atoms with E-state index in [0.29, 0.717) is 17.8 Å². The maximum atomic E-state index is 12.7. The number of carbonyl (C=O) groups excluding carboxylic acids is 1. The van der Waals surface area contributed by atoms with Crippen molar-refractivity contribution < 1.29 is 9.53 Å². The van der Waals surface area contributed by atoms with Gasteiger partial charge in [-0.1, -0.05) is 0 Å². The fourth-order valence-electron chi connectivity index (χ4n) is 3.24. The van der Waals surface area contributed by atoms with Crippen LogP contribution in [-0.2, 0) is 9.53 Å². The molecule has 1 aliphatic carbocycles. The monoisotopic (exact) mass is 402 g/mol. The van der Waals surface area contributed by atoms with E-state index in [4.69, 9.17) is 16.3 Å². The summed E-state index contributed by atoms with van der Waals surface area (Å²) in [5, 5.41) is 0. The third-order valence-corrected chi connectivity index (χ3v) is 7.41. The number of hydrogen-bond acceptors (Lipinski definition) is 2. The van der Waals surface area contributed by atoms with E-state index in [0.717, 1.165) is 17.3 Å². The molecule has 2 nitrogen and oxygen atoms in total. The molecular formula is C19H27ClO2Se. The first-order valence-corrected chi connectivity index (χ1v) is 10.5.